The largest absolute Gasteiger partial charge is 0.495 e. The second-order valence-electron chi connectivity index (χ2n) is 6.64. The smallest absolute Gasteiger partial charge is 0.261 e. The first-order valence-corrected chi connectivity index (χ1v) is 11.0. The van der Waals surface area contributed by atoms with Crippen LogP contribution in [0.1, 0.15) is 15.9 Å². The van der Waals surface area contributed by atoms with Crippen molar-refractivity contribution in [3.8, 4) is 11.5 Å². The minimum atomic E-state index is -3.79. The van der Waals surface area contributed by atoms with Gasteiger partial charge >= 0.3 is 0 Å². The zero-order valence-corrected chi connectivity index (χ0v) is 18.7. The number of carbonyl (C=O) groups excluding carboxylic acids is 1. The van der Waals surface area contributed by atoms with Gasteiger partial charge in [-0.25, -0.2) is 8.42 Å². The van der Waals surface area contributed by atoms with Crippen LogP contribution in [0.4, 0.5) is 11.4 Å². The van der Waals surface area contributed by atoms with E-state index in [-0.39, 0.29) is 16.1 Å². The number of anilines is 2. The van der Waals surface area contributed by atoms with E-state index in [1.807, 2.05) is 6.92 Å². The maximum Gasteiger partial charge on any atom is 0.261 e. The van der Waals surface area contributed by atoms with Crippen molar-refractivity contribution in [1.82, 2.24) is 0 Å². The summed E-state index contributed by atoms with van der Waals surface area (Å²) >= 11 is 6.09. The molecule has 0 saturated heterocycles. The molecular formula is C22H21ClN2O5S. The molecule has 0 radical (unpaired) electrons. The van der Waals surface area contributed by atoms with Crippen molar-refractivity contribution in [3.63, 3.8) is 0 Å². The molecule has 1 amide bonds. The summed E-state index contributed by atoms with van der Waals surface area (Å²) in [6.07, 6.45) is 0. The van der Waals surface area contributed by atoms with Gasteiger partial charge in [-0.15, -0.1) is 0 Å². The van der Waals surface area contributed by atoms with Crippen molar-refractivity contribution in [2.75, 3.05) is 24.3 Å². The molecule has 2 N–H and O–H groups in total. The Morgan fingerprint density at radius 2 is 1.61 bits per heavy atom. The summed E-state index contributed by atoms with van der Waals surface area (Å²) in [4.78, 5) is 12.9. The van der Waals surface area contributed by atoms with Gasteiger partial charge in [-0.2, -0.15) is 0 Å². The van der Waals surface area contributed by atoms with Gasteiger partial charge in [0, 0.05) is 23.4 Å². The maximum atomic E-state index is 12.8. The predicted octanol–water partition coefficient (Wildman–Crippen LogP) is 4.72. The van der Waals surface area contributed by atoms with Crippen LogP contribution in [0.3, 0.4) is 0 Å². The van der Waals surface area contributed by atoms with Crippen LogP contribution in [0.25, 0.3) is 0 Å². The monoisotopic (exact) mass is 460 g/mol. The summed E-state index contributed by atoms with van der Waals surface area (Å²) in [5.74, 6) is 0.270. The summed E-state index contributed by atoms with van der Waals surface area (Å²) in [6.45, 7) is 1.87. The third kappa shape index (κ3) is 5.28. The average Bonchev–Trinajstić information content (AvgIpc) is 2.74. The van der Waals surface area contributed by atoms with Crippen molar-refractivity contribution < 1.29 is 22.7 Å². The van der Waals surface area contributed by atoms with Gasteiger partial charge < -0.3 is 14.8 Å². The first kappa shape index (κ1) is 22.5. The van der Waals surface area contributed by atoms with Gasteiger partial charge in [0.15, 0.2) is 0 Å². The molecule has 0 aliphatic rings. The Labute approximate surface area is 186 Å². The number of nitrogens with one attached hydrogen (secondary N) is 2. The molecule has 0 heterocycles. The van der Waals surface area contributed by atoms with Crippen LogP contribution >= 0.6 is 11.6 Å². The van der Waals surface area contributed by atoms with E-state index < -0.39 is 15.9 Å². The molecule has 3 rings (SSSR count). The Bertz CT molecular complexity index is 1210. The number of halogens is 1. The van der Waals surface area contributed by atoms with Crippen molar-refractivity contribution in [2.24, 2.45) is 0 Å². The summed E-state index contributed by atoms with van der Waals surface area (Å²) in [5.41, 5.74) is 1.82. The number of rotatable bonds is 7. The highest BCUT2D eigenvalue weighted by Gasteiger charge is 2.17. The molecule has 0 atom stereocenters. The number of methoxy groups -OCH3 is 2. The molecule has 3 aromatic carbocycles. The highest BCUT2D eigenvalue weighted by molar-refractivity contribution is 7.92. The van der Waals surface area contributed by atoms with Crippen molar-refractivity contribution in [3.05, 3.63) is 76.8 Å². The van der Waals surface area contributed by atoms with Crippen LogP contribution in [-0.4, -0.2) is 28.5 Å². The lowest BCUT2D eigenvalue weighted by Gasteiger charge is -2.14. The summed E-state index contributed by atoms with van der Waals surface area (Å²) in [5, 5.41) is 3.07. The predicted molar refractivity (Wildman–Crippen MR) is 121 cm³/mol. The topological polar surface area (TPSA) is 93.7 Å². The first-order chi connectivity index (χ1) is 14.7. The molecule has 7 nitrogen and oxygen atoms in total. The van der Waals surface area contributed by atoms with E-state index in [4.69, 9.17) is 21.1 Å². The lowest BCUT2D eigenvalue weighted by atomic mass is 10.2. The van der Waals surface area contributed by atoms with Gasteiger partial charge in [0.2, 0.25) is 0 Å². The summed E-state index contributed by atoms with van der Waals surface area (Å²) in [7, 11) is -0.875. The number of hydrogen-bond donors (Lipinski definition) is 2. The number of hydrogen-bond acceptors (Lipinski definition) is 5. The third-order valence-corrected chi connectivity index (χ3v) is 6.12. The second kappa shape index (κ2) is 9.28. The second-order valence-corrected chi connectivity index (χ2v) is 8.73. The van der Waals surface area contributed by atoms with E-state index in [9.17, 15) is 13.2 Å². The molecule has 3 aromatic rings. The quantitative estimate of drug-likeness (QED) is 0.532. The molecule has 0 fully saturated rings. The molecule has 0 unspecified atom stereocenters. The molecule has 0 spiro atoms. The molecule has 9 heteroatoms. The van der Waals surface area contributed by atoms with E-state index >= 15 is 0 Å². The van der Waals surface area contributed by atoms with E-state index in [1.165, 1.54) is 38.5 Å². The minimum absolute atomic E-state index is 0.131. The van der Waals surface area contributed by atoms with E-state index in [1.54, 1.807) is 36.4 Å². The van der Waals surface area contributed by atoms with E-state index in [0.29, 0.717) is 22.2 Å². The zero-order valence-electron chi connectivity index (χ0n) is 17.1. The van der Waals surface area contributed by atoms with Gasteiger partial charge in [0.1, 0.15) is 11.5 Å². The van der Waals surface area contributed by atoms with E-state index in [0.717, 1.165) is 5.56 Å². The van der Waals surface area contributed by atoms with Crippen LogP contribution in [0, 0.1) is 6.92 Å². The fourth-order valence-corrected chi connectivity index (χ4v) is 4.09. The van der Waals surface area contributed by atoms with Gasteiger partial charge in [-0.05, 0) is 37.3 Å². The van der Waals surface area contributed by atoms with Gasteiger partial charge in [0.05, 0.1) is 29.8 Å². The number of carbonyl (C=O) groups is 1. The highest BCUT2D eigenvalue weighted by atomic mass is 35.5. The van der Waals surface area contributed by atoms with Crippen LogP contribution in [0.15, 0.2) is 65.6 Å². The minimum Gasteiger partial charge on any atom is -0.495 e. The third-order valence-electron chi connectivity index (χ3n) is 4.43. The zero-order chi connectivity index (χ0) is 22.6. The summed E-state index contributed by atoms with van der Waals surface area (Å²) < 4.78 is 38.2. The van der Waals surface area contributed by atoms with Gasteiger partial charge in [0.25, 0.3) is 15.9 Å². The van der Waals surface area contributed by atoms with Crippen LogP contribution < -0.4 is 19.5 Å². The lowest BCUT2D eigenvalue weighted by Crippen LogP contribution is -2.15. The average molecular weight is 461 g/mol. The Hall–Kier alpha value is -3.23. The lowest BCUT2D eigenvalue weighted by molar-refractivity contribution is 0.102. The first-order valence-electron chi connectivity index (χ1n) is 9.16. The van der Waals surface area contributed by atoms with E-state index in [2.05, 4.69) is 10.0 Å². The van der Waals surface area contributed by atoms with Crippen molar-refractivity contribution in [1.29, 1.82) is 0 Å². The number of ether oxygens (including phenoxy) is 2. The van der Waals surface area contributed by atoms with Crippen LogP contribution in [0.5, 0.6) is 11.5 Å². The fraction of sp³-hybridized carbons (Fsp3) is 0.136. The molecule has 0 aliphatic heterocycles. The molecule has 162 valence electrons. The molecule has 0 aliphatic carbocycles. The molecule has 0 saturated carbocycles. The highest BCUT2D eigenvalue weighted by Crippen LogP contribution is 2.36. The normalized spacial score (nSPS) is 11.0. The van der Waals surface area contributed by atoms with Crippen molar-refractivity contribution in [2.45, 2.75) is 11.8 Å². The number of amides is 1. The number of sulfonamides is 1. The molecule has 31 heavy (non-hydrogen) atoms. The maximum absolute atomic E-state index is 12.8. The number of aryl methyl sites for hydroxylation is 1. The SMILES string of the molecule is COc1cc(NC(=O)c2cccc(NS(=O)(=O)c3ccc(C)cc3)c2)c(OC)cc1Cl. The summed E-state index contributed by atoms with van der Waals surface area (Å²) in [6, 6.07) is 15.7. The molecule has 0 aromatic heterocycles. The Kier molecular flexibility index (Phi) is 6.72. The standard InChI is InChI=1S/C22H21ClN2O5S/c1-14-7-9-17(10-8-14)31(27,28)25-16-6-4-5-15(11-16)22(26)24-19-13-20(29-2)18(23)12-21(19)30-3/h4-13,25H,1-3H3,(H,24,26). The molecule has 0 bridgehead atoms. The number of benzene rings is 3. The van der Waals surface area contributed by atoms with Crippen molar-refractivity contribution >= 4 is 38.9 Å². The Balaban J connectivity index is 1.83. The Morgan fingerprint density at radius 1 is 0.935 bits per heavy atom. The van der Waals surface area contributed by atoms with Crippen LogP contribution in [-0.2, 0) is 10.0 Å². The van der Waals surface area contributed by atoms with Crippen LogP contribution in [0.2, 0.25) is 5.02 Å². The Morgan fingerprint density at radius 3 is 2.26 bits per heavy atom. The van der Waals surface area contributed by atoms with Gasteiger partial charge in [-0.3, -0.25) is 9.52 Å². The molecular weight excluding hydrogens is 440 g/mol. The van der Waals surface area contributed by atoms with Gasteiger partial charge in [-0.1, -0.05) is 35.4 Å². The fourth-order valence-electron chi connectivity index (χ4n) is 2.81.